The van der Waals surface area contributed by atoms with Gasteiger partial charge in [-0.05, 0) is 48.4 Å². The number of benzene rings is 1. The van der Waals surface area contributed by atoms with Gasteiger partial charge in [-0.2, -0.15) is 20.8 Å². The average Bonchev–Trinajstić information content (AvgIpc) is 2.93. The van der Waals surface area contributed by atoms with Crippen LogP contribution >= 0.6 is 10.6 Å². The van der Waals surface area contributed by atoms with Gasteiger partial charge in [0.2, 0.25) is 5.95 Å². The lowest BCUT2D eigenvalue weighted by Crippen LogP contribution is -2.56. The van der Waals surface area contributed by atoms with Gasteiger partial charge in [0.15, 0.2) is 0 Å². The van der Waals surface area contributed by atoms with Crippen LogP contribution in [-0.2, 0) is 4.74 Å². The summed E-state index contributed by atoms with van der Waals surface area (Å²) in [5.74, 6) is 2.69. The molecular weight excluding hydrogens is 526 g/mol. The summed E-state index contributed by atoms with van der Waals surface area (Å²) in [5.41, 5.74) is 2.36. The number of piperidine rings is 1. The van der Waals surface area contributed by atoms with Gasteiger partial charge in [0.05, 0.1) is 18.1 Å². The monoisotopic (exact) mass is 567 g/mol. The van der Waals surface area contributed by atoms with Crippen LogP contribution in [0.25, 0.3) is 10.8 Å². The van der Waals surface area contributed by atoms with E-state index in [1.807, 2.05) is 17.2 Å². The first-order valence-corrected chi connectivity index (χ1v) is 15.9. The highest BCUT2D eigenvalue weighted by atomic mass is 32.3. The van der Waals surface area contributed by atoms with Crippen molar-refractivity contribution in [1.29, 1.82) is 5.26 Å². The lowest BCUT2D eigenvalue weighted by molar-refractivity contribution is 0.0566. The van der Waals surface area contributed by atoms with Gasteiger partial charge >= 0.3 is 0 Å². The number of ether oxygens (including phenoxy) is 1. The first-order valence-electron chi connectivity index (χ1n) is 13.8. The molecule has 2 aliphatic rings. The lowest BCUT2D eigenvalue weighted by atomic mass is 9.88. The fraction of sp³-hybridized carbons (Fsp3) is 0.517. The van der Waals surface area contributed by atoms with E-state index in [1.165, 1.54) is 11.8 Å². The average molecular weight is 568 g/mol. The lowest BCUT2D eigenvalue weighted by Gasteiger charge is -2.51. The molecule has 40 heavy (non-hydrogen) atoms. The van der Waals surface area contributed by atoms with Crippen molar-refractivity contribution in [3.05, 3.63) is 42.2 Å². The van der Waals surface area contributed by atoms with Gasteiger partial charge < -0.3 is 19.9 Å². The number of aromatic nitrogens is 3. The van der Waals surface area contributed by atoms with E-state index >= 15 is 0 Å². The second-order valence-electron chi connectivity index (χ2n) is 11.4. The molecule has 2 aliphatic heterocycles. The van der Waals surface area contributed by atoms with Gasteiger partial charge in [0.1, 0.15) is 11.6 Å². The van der Waals surface area contributed by atoms with Crippen LogP contribution < -0.4 is 15.1 Å². The summed E-state index contributed by atoms with van der Waals surface area (Å²) in [6.07, 6.45) is 5.85. The van der Waals surface area contributed by atoms with Gasteiger partial charge in [0, 0.05) is 75.6 Å². The third-order valence-electron chi connectivity index (χ3n) is 8.18. The highest BCUT2D eigenvalue weighted by molar-refractivity contribution is 8.23. The zero-order valence-electron chi connectivity index (χ0n) is 23.8. The summed E-state index contributed by atoms with van der Waals surface area (Å²) >= 11 is 0. The summed E-state index contributed by atoms with van der Waals surface area (Å²) in [6, 6.07) is 10.8. The topological polar surface area (TPSA) is 131 Å². The molecule has 3 N–H and O–H groups in total. The summed E-state index contributed by atoms with van der Waals surface area (Å²) in [4.78, 5) is 18.3. The van der Waals surface area contributed by atoms with Crippen molar-refractivity contribution in [2.45, 2.75) is 45.3 Å². The molecule has 0 bridgehead atoms. The zero-order chi connectivity index (χ0) is 28.6. The molecule has 4 heterocycles. The highest BCUT2D eigenvalue weighted by Crippen LogP contribution is 2.44. The maximum absolute atomic E-state index is 9.96. The van der Waals surface area contributed by atoms with E-state index in [1.54, 1.807) is 13.3 Å². The third-order valence-corrected chi connectivity index (χ3v) is 9.24. The largest absolute Gasteiger partial charge is 0.380 e. The molecule has 0 aliphatic carbocycles. The second kappa shape index (κ2) is 11.4. The molecule has 2 aromatic heterocycles. The number of nitrogens with zero attached hydrogens (tertiary/aromatic N) is 6. The SMILES string of the molecule is CO[C@H]1CCN(c2nccc(Nc3cc4c(C(C)C)ccc(N5C[C@H](CS(C)(O)O)[C@H]5C)c4cn3)n2)C[C@@H]1C#N.[HH]. The molecule has 216 valence electrons. The Morgan fingerprint density at radius 3 is 2.67 bits per heavy atom. The number of nitrogens with one attached hydrogen (secondary N) is 1. The molecule has 0 spiro atoms. The molecule has 3 aromatic rings. The van der Waals surface area contributed by atoms with Crippen LogP contribution in [-0.4, -0.2) is 75.0 Å². The molecule has 5 rings (SSSR count). The first-order chi connectivity index (χ1) is 19.1. The van der Waals surface area contributed by atoms with E-state index in [0.717, 1.165) is 36.0 Å². The van der Waals surface area contributed by atoms with E-state index in [-0.39, 0.29) is 25.4 Å². The smallest absolute Gasteiger partial charge is 0.227 e. The van der Waals surface area contributed by atoms with Crippen molar-refractivity contribution < 1.29 is 15.3 Å². The van der Waals surface area contributed by atoms with Gasteiger partial charge in [-0.25, -0.2) is 9.97 Å². The fourth-order valence-electron chi connectivity index (χ4n) is 5.89. The van der Waals surface area contributed by atoms with Crippen LogP contribution in [0, 0.1) is 23.2 Å². The van der Waals surface area contributed by atoms with E-state index in [2.05, 4.69) is 60.2 Å². The van der Waals surface area contributed by atoms with Crippen LogP contribution in [0.4, 0.5) is 23.3 Å². The molecule has 2 fully saturated rings. The predicted octanol–water partition coefficient (Wildman–Crippen LogP) is 5.71. The fourth-order valence-corrected chi connectivity index (χ4v) is 7.09. The Hall–Kier alpha value is -3.17. The summed E-state index contributed by atoms with van der Waals surface area (Å²) in [5, 5.41) is 15.1. The molecule has 11 heteroatoms. The molecule has 0 saturated carbocycles. The number of pyridine rings is 1. The number of rotatable bonds is 8. The molecular formula is C29H41N7O3S. The van der Waals surface area contributed by atoms with E-state index in [4.69, 9.17) is 14.7 Å². The van der Waals surface area contributed by atoms with Crippen LogP contribution in [0.1, 0.15) is 40.1 Å². The molecule has 0 amide bonds. The Bertz CT molecular complexity index is 1410. The Morgan fingerprint density at radius 1 is 1.20 bits per heavy atom. The first kappa shape index (κ1) is 28.4. The van der Waals surface area contributed by atoms with Crippen molar-refractivity contribution in [1.82, 2.24) is 15.0 Å². The predicted molar refractivity (Wildman–Crippen MR) is 164 cm³/mol. The minimum atomic E-state index is -2.52. The highest BCUT2D eigenvalue weighted by Gasteiger charge is 2.38. The minimum absolute atomic E-state index is 0. The number of fused-ring (bicyclic) bond motifs is 1. The van der Waals surface area contributed by atoms with Crippen molar-refractivity contribution in [2.24, 2.45) is 11.8 Å². The van der Waals surface area contributed by atoms with Crippen molar-refractivity contribution in [3.63, 3.8) is 0 Å². The molecule has 0 unspecified atom stereocenters. The Morgan fingerprint density at radius 2 is 2.00 bits per heavy atom. The van der Waals surface area contributed by atoms with Crippen LogP contribution in [0.15, 0.2) is 36.7 Å². The van der Waals surface area contributed by atoms with Crippen LogP contribution in [0.2, 0.25) is 0 Å². The molecule has 2 saturated heterocycles. The van der Waals surface area contributed by atoms with Gasteiger partial charge in [-0.1, -0.05) is 19.9 Å². The minimum Gasteiger partial charge on any atom is -0.380 e. The van der Waals surface area contributed by atoms with Crippen LogP contribution in [0.3, 0.4) is 0 Å². The van der Waals surface area contributed by atoms with Crippen molar-refractivity contribution in [2.75, 3.05) is 53.9 Å². The Balaban J connectivity index is 0.00000387. The zero-order valence-corrected chi connectivity index (χ0v) is 24.6. The van der Waals surface area contributed by atoms with E-state index in [9.17, 15) is 14.4 Å². The Kier molecular flexibility index (Phi) is 8.06. The van der Waals surface area contributed by atoms with Crippen molar-refractivity contribution >= 4 is 44.6 Å². The van der Waals surface area contributed by atoms with Crippen LogP contribution in [0.5, 0.6) is 0 Å². The molecule has 0 radical (unpaired) electrons. The summed E-state index contributed by atoms with van der Waals surface area (Å²) < 4.78 is 25.4. The number of methoxy groups -OCH3 is 1. The maximum Gasteiger partial charge on any atom is 0.227 e. The third kappa shape index (κ3) is 5.81. The molecule has 1 aromatic carbocycles. The molecule has 4 atom stereocenters. The van der Waals surface area contributed by atoms with Gasteiger partial charge in [0.25, 0.3) is 0 Å². The standard InChI is InChI=1S/C29H39N7O3S.H2/c1-18(2)22-6-7-25(36-16-21(19(36)3)17-40(5,37)38)24-14-32-28(12-23(22)24)33-27-8-10-31-29(34-27)35-11-9-26(39-4)20(13-30)15-35;/h6-8,10,12,14,18-21,26,37-38H,9,11,15-17H2,1-5H3,(H,31,32,33,34);1H/t19-,20+,21-,26+;/m1./s1. The van der Waals surface area contributed by atoms with E-state index in [0.29, 0.717) is 35.8 Å². The number of nitriles is 1. The molecule has 10 nitrogen and oxygen atoms in total. The van der Waals surface area contributed by atoms with Crippen molar-refractivity contribution in [3.8, 4) is 6.07 Å². The summed E-state index contributed by atoms with van der Waals surface area (Å²) in [7, 11) is -0.864. The Labute approximate surface area is 239 Å². The number of anilines is 4. The number of hydrogen-bond donors (Lipinski definition) is 3. The van der Waals surface area contributed by atoms with Gasteiger partial charge in [-0.15, -0.1) is 0 Å². The van der Waals surface area contributed by atoms with Gasteiger partial charge in [-0.3, -0.25) is 9.11 Å². The van der Waals surface area contributed by atoms with E-state index < -0.39 is 10.6 Å². The quantitative estimate of drug-likeness (QED) is 0.311. The second-order valence-corrected chi connectivity index (χ2v) is 13.7. The number of hydrogen-bond acceptors (Lipinski definition) is 10. The maximum atomic E-state index is 9.96. The normalized spacial score (nSPS) is 23.7. The summed E-state index contributed by atoms with van der Waals surface area (Å²) in [6.45, 7) is 8.57.